The van der Waals surface area contributed by atoms with Crippen LogP contribution in [-0.4, -0.2) is 25.8 Å². The smallest absolute Gasteiger partial charge is 0.195 e. The number of rotatable bonds is 3. The predicted octanol–water partition coefficient (Wildman–Crippen LogP) is 1.34. The van der Waals surface area contributed by atoms with Crippen molar-refractivity contribution in [2.45, 2.75) is 10.1 Å². The highest BCUT2D eigenvalue weighted by molar-refractivity contribution is 7.99. The second-order valence-electron chi connectivity index (χ2n) is 3.58. The molecule has 0 aliphatic carbocycles. The summed E-state index contributed by atoms with van der Waals surface area (Å²) >= 11 is 0.798. The van der Waals surface area contributed by atoms with Crippen LogP contribution in [0.2, 0.25) is 0 Å². The van der Waals surface area contributed by atoms with Crippen molar-refractivity contribution in [3.63, 3.8) is 0 Å². The molecule has 0 fully saturated rings. The largest absolute Gasteiger partial charge is 0.409 e. The van der Waals surface area contributed by atoms with E-state index in [1.165, 1.54) is 10.9 Å². The van der Waals surface area contributed by atoms with Gasteiger partial charge in [-0.15, -0.1) is 10.2 Å². The van der Waals surface area contributed by atoms with Gasteiger partial charge in [-0.1, -0.05) is 5.16 Å². The summed E-state index contributed by atoms with van der Waals surface area (Å²) in [5.41, 5.74) is 5.23. The number of nitrogens with two attached hydrogens (primary N) is 1. The molecule has 100 valence electrons. The van der Waals surface area contributed by atoms with Gasteiger partial charge in [-0.25, -0.2) is 8.78 Å². The highest BCUT2D eigenvalue weighted by Crippen LogP contribution is 2.31. The van der Waals surface area contributed by atoms with E-state index in [4.69, 9.17) is 10.9 Å². The van der Waals surface area contributed by atoms with Crippen molar-refractivity contribution in [1.29, 1.82) is 0 Å². The number of aromatic nitrogens is 3. The predicted molar refractivity (Wildman–Crippen MR) is 64.0 cm³/mol. The number of hydrogen-bond donors (Lipinski definition) is 2. The number of hydrogen-bond acceptors (Lipinski definition) is 5. The number of nitrogens with zero attached hydrogens (tertiary/aromatic N) is 4. The van der Waals surface area contributed by atoms with Gasteiger partial charge in [0.2, 0.25) is 0 Å². The fourth-order valence-corrected chi connectivity index (χ4v) is 2.09. The molecule has 0 amide bonds. The number of benzene rings is 1. The Hall–Kier alpha value is -2.16. The van der Waals surface area contributed by atoms with Crippen LogP contribution >= 0.6 is 11.8 Å². The summed E-state index contributed by atoms with van der Waals surface area (Å²) in [4.78, 5) is -0.231. The van der Waals surface area contributed by atoms with Gasteiger partial charge in [-0.05, 0) is 23.9 Å². The Bertz CT molecular complexity index is 620. The van der Waals surface area contributed by atoms with E-state index >= 15 is 0 Å². The number of amidine groups is 1. The lowest BCUT2D eigenvalue weighted by Gasteiger charge is -2.06. The Morgan fingerprint density at radius 2 is 2.05 bits per heavy atom. The van der Waals surface area contributed by atoms with Crippen LogP contribution < -0.4 is 5.73 Å². The minimum atomic E-state index is -0.824. The first-order chi connectivity index (χ1) is 9.02. The van der Waals surface area contributed by atoms with Crippen molar-refractivity contribution < 1.29 is 14.0 Å². The van der Waals surface area contributed by atoms with E-state index in [2.05, 4.69) is 15.4 Å². The van der Waals surface area contributed by atoms with Crippen molar-refractivity contribution in [1.82, 2.24) is 14.8 Å². The third-order valence-electron chi connectivity index (χ3n) is 2.26. The van der Waals surface area contributed by atoms with Crippen LogP contribution in [0.1, 0.15) is 5.56 Å². The summed E-state index contributed by atoms with van der Waals surface area (Å²) in [6.07, 6.45) is 1.42. The maximum Gasteiger partial charge on any atom is 0.195 e. The zero-order valence-corrected chi connectivity index (χ0v) is 10.5. The lowest BCUT2D eigenvalue weighted by molar-refractivity contribution is 0.318. The first-order valence-electron chi connectivity index (χ1n) is 5.01. The second kappa shape index (κ2) is 5.22. The van der Waals surface area contributed by atoms with Crippen LogP contribution in [-0.2, 0) is 7.05 Å². The maximum absolute atomic E-state index is 13.8. The molecule has 0 bridgehead atoms. The van der Waals surface area contributed by atoms with Gasteiger partial charge in [0.25, 0.3) is 0 Å². The molecule has 0 radical (unpaired) electrons. The Balaban J connectivity index is 2.40. The molecule has 0 saturated heterocycles. The van der Waals surface area contributed by atoms with Gasteiger partial charge in [-0.3, -0.25) is 0 Å². The van der Waals surface area contributed by atoms with Gasteiger partial charge in [0, 0.05) is 12.6 Å². The monoisotopic (exact) mass is 285 g/mol. The molecule has 1 aromatic carbocycles. The van der Waals surface area contributed by atoms with E-state index in [0.717, 1.165) is 23.9 Å². The van der Waals surface area contributed by atoms with Crippen molar-refractivity contribution >= 4 is 17.6 Å². The molecule has 1 heterocycles. The Morgan fingerprint density at radius 3 is 2.53 bits per heavy atom. The average molecular weight is 285 g/mol. The molecule has 9 heteroatoms. The minimum absolute atomic E-state index is 0.0418. The lowest BCUT2D eigenvalue weighted by Crippen LogP contribution is -2.14. The first-order valence-corrected chi connectivity index (χ1v) is 5.83. The molecule has 2 rings (SSSR count). The molecule has 0 atom stereocenters. The molecule has 19 heavy (non-hydrogen) atoms. The lowest BCUT2D eigenvalue weighted by atomic mass is 10.2. The van der Waals surface area contributed by atoms with Crippen LogP contribution in [0.15, 0.2) is 33.7 Å². The molecule has 0 spiro atoms. The van der Waals surface area contributed by atoms with Crippen LogP contribution in [0.5, 0.6) is 0 Å². The maximum atomic E-state index is 13.8. The third kappa shape index (κ3) is 2.65. The molecule has 0 aliphatic heterocycles. The van der Waals surface area contributed by atoms with Crippen molar-refractivity contribution in [2.75, 3.05) is 0 Å². The zero-order chi connectivity index (χ0) is 14.0. The van der Waals surface area contributed by atoms with E-state index in [-0.39, 0.29) is 16.3 Å². The molecular weight excluding hydrogens is 276 g/mol. The fraction of sp³-hybridized carbons (Fsp3) is 0.100. The Morgan fingerprint density at radius 1 is 1.42 bits per heavy atom. The molecular formula is C10H9F2N5OS. The van der Waals surface area contributed by atoms with Crippen LogP contribution in [0.25, 0.3) is 0 Å². The summed E-state index contributed by atoms with van der Waals surface area (Å²) in [6.45, 7) is 0. The van der Waals surface area contributed by atoms with E-state index < -0.39 is 11.6 Å². The molecule has 0 saturated carbocycles. The van der Waals surface area contributed by atoms with Crippen LogP contribution in [0.4, 0.5) is 8.78 Å². The van der Waals surface area contributed by atoms with Gasteiger partial charge < -0.3 is 15.5 Å². The summed E-state index contributed by atoms with van der Waals surface area (Å²) in [5, 5.41) is 18.8. The molecule has 0 unspecified atom stereocenters. The van der Waals surface area contributed by atoms with E-state index in [1.807, 2.05) is 0 Å². The van der Waals surface area contributed by atoms with E-state index in [0.29, 0.717) is 5.16 Å². The van der Waals surface area contributed by atoms with Gasteiger partial charge in [-0.2, -0.15) is 0 Å². The quantitative estimate of drug-likeness (QED) is 0.384. The summed E-state index contributed by atoms with van der Waals surface area (Å²) in [5.74, 6) is -2.02. The highest BCUT2D eigenvalue weighted by Gasteiger charge is 2.16. The van der Waals surface area contributed by atoms with Gasteiger partial charge in [0.15, 0.2) is 11.0 Å². The number of halogens is 2. The normalized spacial score (nSPS) is 11.8. The zero-order valence-electron chi connectivity index (χ0n) is 9.71. The van der Waals surface area contributed by atoms with E-state index in [1.54, 1.807) is 7.05 Å². The van der Waals surface area contributed by atoms with Gasteiger partial charge >= 0.3 is 0 Å². The van der Waals surface area contributed by atoms with Gasteiger partial charge in [0.1, 0.15) is 18.0 Å². The summed E-state index contributed by atoms with van der Waals surface area (Å²) in [7, 11) is 1.66. The van der Waals surface area contributed by atoms with E-state index in [9.17, 15) is 8.78 Å². The third-order valence-corrected chi connectivity index (χ3v) is 3.41. The van der Waals surface area contributed by atoms with Crippen molar-refractivity contribution in [2.24, 2.45) is 17.9 Å². The standard InChI is InChI=1S/C10H9F2N5OS/c1-17-4-14-15-10(17)19-8-6(11)2-5(3-7(8)12)9(13)16-18/h2-4,18H,1H3,(H2,13,16). The minimum Gasteiger partial charge on any atom is -0.409 e. The average Bonchev–Trinajstić information content (AvgIpc) is 2.78. The Kier molecular flexibility index (Phi) is 3.65. The SMILES string of the molecule is Cn1cnnc1Sc1c(F)cc(C(N)=NO)cc1F. The first kappa shape index (κ1) is 13.3. The van der Waals surface area contributed by atoms with Gasteiger partial charge in [0.05, 0.1) is 4.90 Å². The summed E-state index contributed by atoms with van der Waals surface area (Å²) < 4.78 is 29.2. The number of aryl methyl sites for hydroxylation is 1. The van der Waals surface area contributed by atoms with Crippen LogP contribution in [0.3, 0.4) is 0 Å². The van der Waals surface area contributed by atoms with Crippen molar-refractivity contribution in [3.8, 4) is 0 Å². The molecule has 6 nitrogen and oxygen atoms in total. The van der Waals surface area contributed by atoms with Crippen LogP contribution in [0, 0.1) is 11.6 Å². The molecule has 3 N–H and O–H groups in total. The Labute approximate surface area is 110 Å². The van der Waals surface area contributed by atoms with Crippen molar-refractivity contribution in [3.05, 3.63) is 35.7 Å². The molecule has 1 aromatic heterocycles. The number of oxime groups is 1. The highest BCUT2D eigenvalue weighted by atomic mass is 32.2. The second-order valence-corrected chi connectivity index (χ2v) is 4.56. The molecule has 0 aliphatic rings. The topological polar surface area (TPSA) is 89.3 Å². The fourth-order valence-electron chi connectivity index (χ4n) is 1.32. The summed E-state index contributed by atoms with van der Waals surface area (Å²) in [6, 6.07) is 1.97. The molecule has 2 aromatic rings.